The summed E-state index contributed by atoms with van der Waals surface area (Å²) in [5, 5.41) is 11.1. The van der Waals surface area contributed by atoms with Gasteiger partial charge in [0.2, 0.25) is 0 Å². The number of thiocarbonyl (C=S) groups is 1. The molecular weight excluding hydrogens is 314 g/mol. The van der Waals surface area contributed by atoms with E-state index in [1.165, 1.54) is 0 Å². The molecule has 0 aliphatic carbocycles. The Balaban J connectivity index is 2.20. The van der Waals surface area contributed by atoms with Gasteiger partial charge in [-0.3, -0.25) is 0 Å². The summed E-state index contributed by atoms with van der Waals surface area (Å²) < 4.78 is 2.81. The molecule has 0 atom stereocenters. The van der Waals surface area contributed by atoms with Crippen LogP contribution in [0.4, 0.5) is 5.69 Å². The largest absolute Gasteiger partial charge is 0.389 e. The highest BCUT2D eigenvalue weighted by Gasteiger charge is 2.07. The topological polar surface area (TPSA) is 68.8 Å². The fourth-order valence-corrected chi connectivity index (χ4v) is 2.06. The first-order chi connectivity index (χ1) is 8.58. The number of hydrogen-bond donors (Lipinski definition) is 2. The van der Waals surface area contributed by atoms with Gasteiger partial charge in [-0.2, -0.15) is 0 Å². The predicted octanol–water partition coefficient (Wildman–Crippen LogP) is 1.82. The Bertz CT molecular complexity index is 581. The molecule has 0 saturated heterocycles. The van der Waals surface area contributed by atoms with E-state index in [4.69, 9.17) is 18.0 Å². The van der Waals surface area contributed by atoms with Crippen molar-refractivity contribution < 1.29 is 0 Å². The van der Waals surface area contributed by atoms with Crippen LogP contribution in [0.5, 0.6) is 0 Å². The Hall–Kier alpha value is -1.47. The van der Waals surface area contributed by atoms with Gasteiger partial charge >= 0.3 is 0 Å². The third kappa shape index (κ3) is 2.85. The van der Waals surface area contributed by atoms with Gasteiger partial charge in [0.15, 0.2) is 5.82 Å². The normalized spacial score (nSPS) is 10.3. The molecule has 2 rings (SSSR count). The summed E-state index contributed by atoms with van der Waals surface area (Å²) in [5.41, 5.74) is 7.38. The Labute approximate surface area is 119 Å². The molecule has 94 valence electrons. The average molecular weight is 326 g/mol. The zero-order valence-corrected chi connectivity index (χ0v) is 12.1. The highest BCUT2D eigenvalue weighted by molar-refractivity contribution is 9.10. The Morgan fingerprint density at radius 1 is 1.56 bits per heavy atom. The number of aryl methyl sites for hydroxylation is 1. The summed E-state index contributed by atoms with van der Waals surface area (Å²) in [6, 6.07) is 5.72. The molecule has 0 fully saturated rings. The predicted molar refractivity (Wildman–Crippen MR) is 78.4 cm³/mol. The van der Waals surface area contributed by atoms with Crippen LogP contribution in [0.2, 0.25) is 0 Å². The fourth-order valence-electron chi connectivity index (χ4n) is 1.52. The van der Waals surface area contributed by atoms with Gasteiger partial charge in [-0.05, 0) is 18.2 Å². The van der Waals surface area contributed by atoms with Crippen LogP contribution in [0, 0.1) is 0 Å². The van der Waals surface area contributed by atoms with Gasteiger partial charge in [0.1, 0.15) is 11.3 Å². The molecule has 0 radical (unpaired) electrons. The maximum atomic E-state index is 5.69. The number of anilines is 1. The third-order valence-electron chi connectivity index (χ3n) is 2.49. The molecule has 0 aliphatic heterocycles. The molecule has 0 saturated carbocycles. The summed E-state index contributed by atoms with van der Waals surface area (Å²) in [6.07, 6.45) is 1.66. The third-order valence-corrected chi connectivity index (χ3v) is 3.20. The quantitative estimate of drug-likeness (QED) is 0.839. The minimum Gasteiger partial charge on any atom is -0.389 e. The highest BCUT2D eigenvalue weighted by Crippen LogP contribution is 2.21. The van der Waals surface area contributed by atoms with Crippen LogP contribution in [-0.2, 0) is 13.6 Å². The van der Waals surface area contributed by atoms with Gasteiger partial charge in [-0.25, -0.2) is 0 Å². The van der Waals surface area contributed by atoms with Gasteiger partial charge in [-0.15, -0.1) is 10.2 Å². The van der Waals surface area contributed by atoms with E-state index in [0.29, 0.717) is 11.5 Å². The van der Waals surface area contributed by atoms with E-state index in [-0.39, 0.29) is 0 Å². The minimum atomic E-state index is 0.364. The molecule has 1 aromatic carbocycles. The summed E-state index contributed by atoms with van der Waals surface area (Å²) in [6.45, 7) is 0.558. The lowest BCUT2D eigenvalue weighted by molar-refractivity contribution is 0.812. The molecule has 1 aromatic heterocycles. The summed E-state index contributed by atoms with van der Waals surface area (Å²) in [7, 11) is 1.90. The van der Waals surface area contributed by atoms with Gasteiger partial charge in [0.25, 0.3) is 0 Å². The lowest BCUT2D eigenvalue weighted by Gasteiger charge is -2.11. The van der Waals surface area contributed by atoms with Crippen LogP contribution >= 0.6 is 28.1 Å². The zero-order valence-electron chi connectivity index (χ0n) is 9.72. The Morgan fingerprint density at radius 3 is 2.94 bits per heavy atom. The van der Waals surface area contributed by atoms with Crippen molar-refractivity contribution in [1.82, 2.24) is 14.8 Å². The number of aromatic nitrogens is 3. The number of nitrogens with zero attached hydrogens (tertiary/aromatic N) is 3. The highest BCUT2D eigenvalue weighted by atomic mass is 79.9. The van der Waals surface area contributed by atoms with Crippen molar-refractivity contribution >= 4 is 38.8 Å². The first-order valence-electron chi connectivity index (χ1n) is 5.24. The average Bonchev–Trinajstić information content (AvgIpc) is 2.72. The van der Waals surface area contributed by atoms with Crippen LogP contribution in [-0.4, -0.2) is 19.8 Å². The SMILES string of the molecule is Cn1cnnc1CNc1cc(Br)ccc1C(N)=S. The number of nitrogens with two attached hydrogens (primary N) is 1. The van der Waals surface area contributed by atoms with Gasteiger partial charge in [0, 0.05) is 22.8 Å². The monoisotopic (exact) mass is 325 g/mol. The van der Waals surface area contributed by atoms with Crippen LogP contribution in [0.3, 0.4) is 0 Å². The van der Waals surface area contributed by atoms with Crippen molar-refractivity contribution in [3.8, 4) is 0 Å². The molecule has 2 aromatic rings. The first-order valence-corrected chi connectivity index (χ1v) is 6.44. The van der Waals surface area contributed by atoms with E-state index in [9.17, 15) is 0 Å². The number of benzene rings is 1. The van der Waals surface area contributed by atoms with Gasteiger partial charge in [-0.1, -0.05) is 28.1 Å². The number of hydrogen-bond acceptors (Lipinski definition) is 4. The molecule has 0 amide bonds. The van der Waals surface area contributed by atoms with Gasteiger partial charge in [0.05, 0.1) is 6.54 Å². The fraction of sp³-hybridized carbons (Fsp3) is 0.182. The van der Waals surface area contributed by atoms with Gasteiger partial charge < -0.3 is 15.6 Å². The van der Waals surface area contributed by atoms with E-state index in [2.05, 4.69) is 31.4 Å². The molecule has 18 heavy (non-hydrogen) atoms. The second-order valence-electron chi connectivity index (χ2n) is 3.77. The van der Waals surface area contributed by atoms with Crippen LogP contribution in [0.15, 0.2) is 29.0 Å². The van der Waals surface area contributed by atoms with Crippen molar-refractivity contribution in [1.29, 1.82) is 0 Å². The molecule has 0 unspecified atom stereocenters. The molecule has 3 N–H and O–H groups in total. The van der Waals surface area contributed by atoms with Crippen LogP contribution < -0.4 is 11.1 Å². The molecular formula is C11H12BrN5S. The summed E-state index contributed by atoms with van der Waals surface area (Å²) >= 11 is 8.44. The standard InChI is InChI=1S/C11H12BrN5S/c1-17-6-15-16-10(17)5-14-9-4-7(12)2-3-8(9)11(13)18/h2-4,6,14H,5H2,1H3,(H2,13,18). The number of nitrogens with one attached hydrogen (secondary N) is 1. The van der Waals surface area contributed by atoms with E-state index in [1.807, 2.05) is 29.8 Å². The van der Waals surface area contributed by atoms with E-state index < -0.39 is 0 Å². The molecule has 7 heteroatoms. The Morgan fingerprint density at radius 2 is 2.33 bits per heavy atom. The zero-order chi connectivity index (χ0) is 13.1. The van der Waals surface area contributed by atoms with Crippen LogP contribution in [0.25, 0.3) is 0 Å². The molecule has 0 aliphatic rings. The molecule has 0 spiro atoms. The summed E-state index contributed by atoms with van der Waals surface area (Å²) in [4.78, 5) is 0.364. The maximum absolute atomic E-state index is 5.69. The lowest BCUT2D eigenvalue weighted by Crippen LogP contribution is -2.14. The second-order valence-corrected chi connectivity index (χ2v) is 5.12. The summed E-state index contributed by atoms with van der Waals surface area (Å²) in [5.74, 6) is 0.837. The van der Waals surface area contributed by atoms with Crippen molar-refractivity contribution in [2.24, 2.45) is 12.8 Å². The first kappa shape index (κ1) is 13.0. The maximum Gasteiger partial charge on any atom is 0.151 e. The Kier molecular flexibility index (Phi) is 3.93. The molecule has 0 bridgehead atoms. The van der Waals surface area contributed by atoms with Crippen molar-refractivity contribution in [2.45, 2.75) is 6.54 Å². The smallest absolute Gasteiger partial charge is 0.151 e. The van der Waals surface area contributed by atoms with Crippen LogP contribution in [0.1, 0.15) is 11.4 Å². The minimum absolute atomic E-state index is 0.364. The number of halogens is 1. The van der Waals surface area contributed by atoms with E-state index in [1.54, 1.807) is 6.33 Å². The van der Waals surface area contributed by atoms with Crippen molar-refractivity contribution in [3.63, 3.8) is 0 Å². The number of rotatable bonds is 4. The molecule has 5 nitrogen and oxygen atoms in total. The van der Waals surface area contributed by atoms with Crippen molar-refractivity contribution in [3.05, 3.63) is 40.4 Å². The van der Waals surface area contributed by atoms with E-state index in [0.717, 1.165) is 21.5 Å². The lowest BCUT2D eigenvalue weighted by atomic mass is 10.2. The van der Waals surface area contributed by atoms with Crippen molar-refractivity contribution in [2.75, 3.05) is 5.32 Å². The molecule has 1 heterocycles. The van der Waals surface area contributed by atoms with E-state index >= 15 is 0 Å². The second kappa shape index (κ2) is 5.45.